The Morgan fingerprint density at radius 2 is 1.68 bits per heavy atom. The first kappa shape index (κ1) is 15.7. The third-order valence-corrected chi connectivity index (χ3v) is 4.10. The average molecular weight is 267 g/mol. The maximum atomic E-state index is 11.9. The summed E-state index contributed by atoms with van der Waals surface area (Å²) in [6, 6.07) is 0.206. The lowest BCUT2D eigenvalue weighted by molar-refractivity contribution is -0.133. The minimum Gasteiger partial charge on any atom is -0.478 e. The molecule has 0 unspecified atom stereocenters. The minimum atomic E-state index is -1.03. The van der Waals surface area contributed by atoms with Gasteiger partial charge in [-0.05, 0) is 45.4 Å². The van der Waals surface area contributed by atoms with Gasteiger partial charge in [0, 0.05) is 17.2 Å². The maximum absolute atomic E-state index is 11.9. The Morgan fingerprint density at radius 1 is 1.11 bits per heavy atom. The van der Waals surface area contributed by atoms with Gasteiger partial charge >= 0.3 is 5.97 Å². The summed E-state index contributed by atoms with van der Waals surface area (Å²) < 4.78 is 0. The summed E-state index contributed by atoms with van der Waals surface area (Å²) in [6.45, 7) is 5.24. The van der Waals surface area contributed by atoms with Crippen LogP contribution >= 0.6 is 0 Å². The number of carboxylic acid groups (broad SMARTS) is 1. The zero-order valence-electron chi connectivity index (χ0n) is 12.2. The topological polar surface area (TPSA) is 66.4 Å². The minimum absolute atomic E-state index is 0.122. The van der Waals surface area contributed by atoms with Crippen LogP contribution in [-0.4, -0.2) is 23.0 Å². The van der Waals surface area contributed by atoms with Gasteiger partial charge in [0.1, 0.15) is 0 Å². The molecule has 0 aliphatic heterocycles. The summed E-state index contributed by atoms with van der Waals surface area (Å²) in [6.07, 6.45) is 6.85. The molecular formula is C15H25NO3. The highest BCUT2D eigenvalue weighted by Gasteiger charge is 2.23. The van der Waals surface area contributed by atoms with E-state index in [-0.39, 0.29) is 17.5 Å². The molecule has 1 aliphatic rings. The van der Waals surface area contributed by atoms with Gasteiger partial charge in [0.15, 0.2) is 0 Å². The van der Waals surface area contributed by atoms with Gasteiger partial charge in [0.05, 0.1) is 0 Å². The third-order valence-electron chi connectivity index (χ3n) is 4.10. The highest BCUT2D eigenvalue weighted by Crippen LogP contribution is 2.27. The molecule has 1 amide bonds. The number of carbonyl (C=O) groups is 2. The molecule has 0 heterocycles. The number of aliphatic carboxylic acids is 1. The average Bonchev–Trinajstić information content (AvgIpc) is 2.39. The second-order valence-corrected chi connectivity index (χ2v) is 5.53. The summed E-state index contributed by atoms with van der Waals surface area (Å²) in [5.74, 6) is -0.464. The van der Waals surface area contributed by atoms with Crippen molar-refractivity contribution < 1.29 is 14.7 Å². The van der Waals surface area contributed by atoms with E-state index in [1.165, 1.54) is 32.6 Å². The molecule has 0 aromatic rings. The number of carbonyl (C=O) groups excluding carboxylic acids is 1. The van der Waals surface area contributed by atoms with E-state index in [9.17, 15) is 9.59 Å². The molecule has 108 valence electrons. The summed E-state index contributed by atoms with van der Waals surface area (Å²) in [7, 11) is 0. The van der Waals surface area contributed by atoms with E-state index in [0.717, 1.165) is 18.8 Å². The van der Waals surface area contributed by atoms with Gasteiger partial charge < -0.3 is 10.4 Å². The smallest absolute Gasteiger partial charge is 0.331 e. The van der Waals surface area contributed by atoms with Crippen LogP contribution < -0.4 is 5.32 Å². The highest BCUT2D eigenvalue weighted by molar-refractivity contribution is 6.01. The SMILES string of the molecule is CCCC1CCC(NC(=O)/C(C)=C(/C)C(=O)O)CC1. The van der Waals surface area contributed by atoms with Gasteiger partial charge in [-0.1, -0.05) is 19.8 Å². The molecule has 1 aliphatic carbocycles. The normalized spacial score (nSPS) is 24.6. The molecule has 1 rings (SSSR count). The molecule has 19 heavy (non-hydrogen) atoms. The quantitative estimate of drug-likeness (QED) is 0.753. The van der Waals surface area contributed by atoms with Crippen molar-refractivity contribution in [3.8, 4) is 0 Å². The molecule has 1 fully saturated rings. The van der Waals surface area contributed by atoms with Crippen molar-refractivity contribution >= 4 is 11.9 Å². The number of carboxylic acids is 1. The van der Waals surface area contributed by atoms with E-state index in [2.05, 4.69) is 12.2 Å². The van der Waals surface area contributed by atoms with Crippen molar-refractivity contribution in [3.05, 3.63) is 11.1 Å². The van der Waals surface area contributed by atoms with Crippen molar-refractivity contribution in [2.75, 3.05) is 0 Å². The zero-order valence-corrected chi connectivity index (χ0v) is 12.2. The monoisotopic (exact) mass is 267 g/mol. The van der Waals surface area contributed by atoms with Gasteiger partial charge in [-0.3, -0.25) is 4.79 Å². The fourth-order valence-electron chi connectivity index (χ4n) is 2.63. The van der Waals surface area contributed by atoms with Gasteiger partial charge in [-0.25, -0.2) is 4.79 Å². The molecule has 2 N–H and O–H groups in total. The van der Waals surface area contributed by atoms with Crippen LogP contribution in [0.15, 0.2) is 11.1 Å². The Morgan fingerprint density at radius 3 is 2.16 bits per heavy atom. The lowest BCUT2D eigenvalue weighted by Crippen LogP contribution is -2.38. The van der Waals surface area contributed by atoms with E-state index in [0.29, 0.717) is 5.57 Å². The lowest BCUT2D eigenvalue weighted by atomic mass is 9.83. The van der Waals surface area contributed by atoms with E-state index >= 15 is 0 Å². The second-order valence-electron chi connectivity index (χ2n) is 5.53. The fraction of sp³-hybridized carbons (Fsp3) is 0.733. The number of hydrogen-bond donors (Lipinski definition) is 2. The predicted octanol–water partition coefficient (Wildman–Crippen LogP) is 2.88. The standard InChI is InChI=1S/C15H25NO3/c1-4-5-12-6-8-13(9-7-12)16-14(17)10(2)11(3)15(18)19/h12-13H,4-9H2,1-3H3,(H,16,17)(H,18,19)/b11-10-. The summed E-state index contributed by atoms with van der Waals surface area (Å²) in [5, 5.41) is 11.8. The number of amides is 1. The Labute approximate surface area is 115 Å². The van der Waals surface area contributed by atoms with E-state index in [1.807, 2.05) is 0 Å². The first-order valence-corrected chi connectivity index (χ1v) is 7.17. The maximum Gasteiger partial charge on any atom is 0.331 e. The van der Waals surface area contributed by atoms with Crippen LogP contribution in [0.5, 0.6) is 0 Å². The number of rotatable bonds is 5. The van der Waals surface area contributed by atoms with Gasteiger partial charge in [0.25, 0.3) is 0 Å². The Balaban J connectivity index is 2.47. The van der Waals surface area contributed by atoms with Crippen molar-refractivity contribution in [2.45, 2.75) is 65.3 Å². The first-order valence-electron chi connectivity index (χ1n) is 7.17. The van der Waals surface area contributed by atoms with Crippen molar-refractivity contribution in [1.82, 2.24) is 5.32 Å². The Bertz CT molecular complexity index is 366. The van der Waals surface area contributed by atoms with E-state index < -0.39 is 5.97 Å². The zero-order chi connectivity index (χ0) is 14.4. The number of hydrogen-bond acceptors (Lipinski definition) is 2. The van der Waals surface area contributed by atoms with Crippen LogP contribution in [0.4, 0.5) is 0 Å². The molecule has 1 saturated carbocycles. The Kier molecular flexibility index (Phi) is 6.06. The summed E-state index contributed by atoms with van der Waals surface area (Å²) in [5.41, 5.74) is 0.431. The van der Waals surface area contributed by atoms with E-state index in [4.69, 9.17) is 5.11 Å². The first-order chi connectivity index (χ1) is 8.95. The van der Waals surface area contributed by atoms with E-state index in [1.54, 1.807) is 6.92 Å². The van der Waals surface area contributed by atoms with Gasteiger partial charge in [0.2, 0.25) is 5.91 Å². The van der Waals surface area contributed by atoms with Crippen LogP contribution in [0.3, 0.4) is 0 Å². The molecule has 0 radical (unpaired) electrons. The molecule has 4 nitrogen and oxygen atoms in total. The number of nitrogens with one attached hydrogen (secondary N) is 1. The molecule has 4 heteroatoms. The molecule has 0 aromatic carbocycles. The van der Waals surface area contributed by atoms with Crippen molar-refractivity contribution in [3.63, 3.8) is 0 Å². The predicted molar refractivity (Wildman–Crippen MR) is 74.8 cm³/mol. The van der Waals surface area contributed by atoms with Crippen molar-refractivity contribution in [1.29, 1.82) is 0 Å². The van der Waals surface area contributed by atoms with Gasteiger partial charge in [-0.15, -0.1) is 0 Å². The van der Waals surface area contributed by atoms with Crippen LogP contribution in [0.1, 0.15) is 59.3 Å². The summed E-state index contributed by atoms with van der Waals surface area (Å²) >= 11 is 0. The Hall–Kier alpha value is -1.32. The summed E-state index contributed by atoms with van der Waals surface area (Å²) in [4.78, 5) is 22.7. The molecule has 0 spiro atoms. The van der Waals surface area contributed by atoms with Gasteiger partial charge in [-0.2, -0.15) is 0 Å². The second kappa shape index (κ2) is 7.31. The van der Waals surface area contributed by atoms with Crippen LogP contribution in [-0.2, 0) is 9.59 Å². The highest BCUT2D eigenvalue weighted by atomic mass is 16.4. The molecule has 0 saturated heterocycles. The molecule has 0 atom stereocenters. The van der Waals surface area contributed by atoms with Crippen LogP contribution in [0.2, 0.25) is 0 Å². The van der Waals surface area contributed by atoms with Crippen molar-refractivity contribution in [2.24, 2.45) is 5.92 Å². The third kappa shape index (κ3) is 4.69. The lowest BCUT2D eigenvalue weighted by Gasteiger charge is -2.29. The molecule has 0 aromatic heterocycles. The fourth-order valence-corrected chi connectivity index (χ4v) is 2.63. The molecular weight excluding hydrogens is 242 g/mol. The molecule has 0 bridgehead atoms. The van der Waals surface area contributed by atoms with Crippen LogP contribution in [0.25, 0.3) is 0 Å². The van der Waals surface area contributed by atoms with Crippen LogP contribution in [0, 0.1) is 5.92 Å². The largest absolute Gasteiger partial charge is 0.478 e.